The van der Waals surface area contributed by atoms with Crippen LogP contribution in [0.5, 0.6) is 11.6 Å². The third-order valence-electron chi connectivity index (χ3n) is 3.20. The van der Waals surface area contributed by atoms with Gasteiger partial charge in [-0.3, -0.25) is 0 Å². The van der Waals surface area contributed by atoms with Gasteiger partial charge in [-0.25, -0.2) is 4.98 Å². The second-order valence-corrected chi connectivity index (χ2v) is 6.58. The number of hydrogen-bond acceptors (Lipinski definition) is 3. The summed E-state index contributed by atoms with van der Waals surface area (Å²) >= 11 is 9.73. The molecular formula is C16H18BrClN2O. The highest BCUT2D eigenvalue weighted by Crippen LogP contribution is 2.32. The van der Waals surface area contributed by atoms with Crippen molar-refractivity contribution in [1.82, 2.24) is 9.97 Å². The van der Waals surface area contributed by atoms with E-state index in [1.54, 1.807) is 0 Å². The van der Waals surface area contributed by atoms with Crippen LogP contribution in [0.2, 0.25) is 5.15 Å². The van der Waals surface area contributed by atoms with E-state index >= 15 is 0 Å². The Morgan fingerprint density at radius 1 is 1.10 bits per heavy atom. The Balaban J connectivity index is 2.44. The van der Waals surface area contributed by atoms with Gasteiger partial charge in [-0.2, -0.15) is 4.98 Å². The number of halogens is 2. The molecule has 1 aromatic carbocycles. The van der Waals surface area contributed by atoms with Gasteiger partial charge in [0.05, 0.1) is 0 Å². The minimum absolute atomic E-state index is 0.193. The van der Waals surface area contributed by atoms with Crippen LogP contribution >= 0.6 is 27.5 Å². The maximum Gasteiger partial charge on any atom is 0.226 e. The fraction of sp³-hybridized carbons (Fsp3) is 0.375. The van der Waals surface area contributed by atoms with Crippen LogP contribution in [0.15, 0.2) is 16.6 Å². The summed E-state index contributed by atoms with van der Waals surface area (Å²) in [4.78, 5) is 8.77. The second-order valence-electron chi connectivity index (χ2n) is 5.43. The van der Waals surface area contributed by atoms with Gasteiger partial charge in [0.25, 0.3) is 0 Å². The number of hydrogen-bond donors (Lipinski definition) is 0. The molecule has 0 aliphatic rings. The predicted molar refractivity (Wildman–Crippen MR) is 89.6 cm³/mol. The maximum atomic E-state index is 6.18. The predicted octanol–water partition coefficient (Wildman–Crippen LogP) is 5.73. The van der Waals surface area contributed by atoms with E-state index in [1.807, 2.05) is 46.8 Å². The summed E-state index contributed by atoms with van der Waals surface area (Å²) in [6.45, 7) is 9.98. The number of rotatable bonds is 3. The third-order valence-corrected chi connectivity index (χ3v) is 4.82. The molecule has 1 aromatic heterocycles. The summed E-state index contributed by atoms with van der Waals surface area (Å²) in [5, 5.41) is 0.439. The van der Waals surface area contributed by atoms with Crippen LogP contribution in [-0.2, 0) is 0 Å². The molecule has 0 saturated heterocycles. The first-order valence-corrected chi connectivity index (χ1v) is 7.95. The Morgan fingerprint density at radius 2 is 1.67 bits per heavy atom. The molecule has 21 heavy (non-hydrogen) atoms. The molecular weight excluding hydrogens is 352 g/mol. The Hall–Kier alpha value is -1.13. The lowest BCUT2D eigenvalue weighted by molar-refractivity contribution is 0.452. The molecule has 0 N–H and O–H groups in total. The number of nitrogens with zero attached hydrogens (tertiary/aromatic N) is 2. The molecule has 3 nitrogen and oxygen atoms in total. The van der Waals surface area contributed by atoms with Crippen LogP contribution in [0.3, 0.4) is 0 Å². The molecule has 2 rings (SSSR count). The van der Waals surface area contributed by atoms with Crippen LogP contribution in [0.4, 0.5) is 0 Å². The molecule has 0 unspecified atom stereocenters. The lowest BCUT2D eigenvalue weighted by Gasteiger charge is -2.13. The van der Waals surface area contributed by atoms with Gasteiger partial charge >= 0.3 is 0 Å². The van der Waals surface area contributed by atoms with E-state index in [4.69, 9.17) is 16.3 Å². The molecule has 0 aliphatic heterocycles. The van der Waals surface area contributed by atoms with Crippen LogP contribution in [-0.4, -0.2) is 9.97 Å². The Bertz CT molecular complexity index is 663. The van der Waals surface area contributed by atoms with Gasteiger partial charge < -0.3 is 4.74 Å². The van der Waals surface area contributed by atoms with E-state index in [1.165, 1.54) is 0 Å². The second kappa shape index (κ2) is 6.32. The quantitative estimate of drug-likeness (QED) is 0.648. The zero-order valence-electron chi connectivity index (χ0n) is 12.8. The van der Waals surface area contributed by atoms with E-state index in [0.29, 0.717) is 16.9 Å². The number of aromatic nitrogens is 2. The average Bonchev–Trinajstić information content (AvgIpc) is 2.40. The highest BCUT2D eigenvalue weighted by Gasteiger charge is 2.14. The summed E-state index contributed by atoms with van der Waals surface area (Å²) < 4.78 is 7.03. The van der Waals surface area contributed by atoms with Crippen molar-refractivity contribution in [3.05, 3.63) is 44.3 Å². The smallest absolute Gasteiger partial charge is 0.226 e. The standard InChI is InChI=1S/C16H18BrClN2O/c1-8(2)15-19-14(18)11(5)16(20-15)21-12-6-9(3)13(17)10(4)7-12/h6-8H,1-5H3. The van der Waals surface area contributed by atoms with E-state index in [9.17, 15) is 0 Å². The fourth-order valence-electron chi connectivity index (χ4n) is 1.92. The number of aryl methyl sites for hydroxylation is 2. The molecule has 0 aliphatic carbocycles. The topological polar surface area (TPSA) is 35.0 Å². The minimum atomic E-state index is 0.193. The number of benzene rings is 1. The SMILES string of the molecule is Cc1cc(Oc2nc(C(C)C)nc(Cl)c2C)cc(C)c1Br. The first kappa shape index (κ1) is 16.2. The zero-order valence-corrected chi connectivity index (χ0v) is 15.1. The van der Waals surface area contributed by atoms with Crippen molar-refractivity contribution in [3.63, 3.8) is 0 Å². The van der Waals surface area contributed by atoms with Gasteiger partial charge in [0.2, 0.25) is 5.88 Å². The molecule has 1 heterocycles. The monoisotopic (exact) mass is 368 g/mol. The third kappa shape index (κ3) is 3.55. The van der Waals surface area contributed by atoms with Crippen molar-refractivity contribution in [2.24, 2.45) is 0 Å². The van der Waals surface area contributed by atoms with E-state index in [-0.39, 0.29) is 5.92 Å². The van der Waals surface area contributed by atoms with Crippen molar-refractivity contribution >= 4 is 27.5 Å². The normalized spacial score (nSPS) is 11.0. The van der Waals surface area contributed by atoms with Crippen LogP contribution in [0, 0.1) is 20.8 Å². The molecule has 0 fully saturated rings. The molecule has 0 amide bonds. The summed E-state index contributed by atoms with van der Waals surface area (Å²) in [6, 6.07) is 3.95. The number of ether oxygens (including phenoxy) is 1. The van der Waals surface area contributed by atoms with E-state index < -0.39 is 0 Å². The fourth-order valence-corrected chi connectivity index (χ4v) is 2.32. The largest absolute Gasteiger partial charge is 0.439 e. The van der Waals surface area contributed by atoms with Crippen molar-refractivity contribution in [2.75, 3.05) is 0 Å². The minimum Gasteiger partial charge on any atom is -0.439 e. The average molecular weight is 370 g/mol. The van der Waals surface area contributed by atoms with Gasteiger partial charge in [-0.1, -0.05) is 41.4 Å². The molecule has 5 heteroatoms. The van der Waals surface area contributed by atoms with Gasteiger partial charge in [0.15, 0.2) is 0 Å². The molecule has 0 atom stereocenters. The van der Waals surface area contributed by atoms with E-state index in [0.717, 1.165) is 26.9 Å². The van der Waals surface area contributed by atoms with Crippen LogP contribution in [0.1, 0.15) is 42.3 Å². The van der Waals surface area contributed by atoms with Crippen LogP contribution in [0.25, 0.3) is 0 Å². The Labute approximate surface area is 138 Å². The summed E-state index contributed by atoms with van der Waals surface area (Å²) in [6.07, 6.45) is 0. The van der Waals surface area contributed by atoms with Gasteiger partial charge in [-0.15, -0.1) is 0 Å². The van der Waals surface area contributed by atoms with Crippen molar-refractivity contribution in [2.45, 2.75) is 40.5 Å². The highest BCUT2D eigenvalue weighted by molar-refractivity contribution is 9.10. The van der Waals surface area contributed by atoms with Crippen molar-refractivity contribution < 1.29 is 4.74 Å². The summed E-state index contributed by atoms with van der Waals surface area (Å²) in [7, 11) is 0. The van der Waals surface area contributed by atoms with Crippen molar-refractivity contribution in [3.8, 4) is 11.6 Å². The first-order valence-electron chi connectivity index (χ1n) is 6.78. The Kier molecular flexibility index (Phi) is 4.89. The van der Waals surface area contributed by atoms with Gasteiger partial charge in [0.1, 0.15) is 16.7 Å². The van der Waals surface area contributed by atoms with E-state index in [2.05, 4.69) is 25.9 Å². The van der Waals surface area contributed by atoms with Crippen LogP contribution < -0.4 is 4.74 Å². The lowest BCUT2D eigenvalue weighted by Crippen LogP contribution is -2.03. The summed E-state index contributed by atoms with van der Waals surface area (Å²) in [5.41, 5.74) is 2.98. The van der Waals surface area contributed by atoms with Gasteiger partial charge in [-0.05, 0) is 44.0 Å². The molecule has 0 bridgehead atoms. The summed E-state index contributed by atoms with van der Waals surface area (Å²) in [5.74, 6) is 2.14. The molecule has 0 spiro atoms. The van der Waals surface area contributed by atoms with Gasteiger partial charge in [0, 0.05) is 16.0 Å². The molecule has 0 saturated carbocycles. The van der Waals surface area contributed by atoms with Crippen molar-refractivity contribution in [1.29, 1.82) is 0 Å². The molecule has 112 valence electrons. The highest BCUT2D eigenvalue weighted by atomic mass is 79.9. The molecule has 2 aromatic rings. The Morgan fingerprint density at radius 3 is 2.19 bits per heavy atom. The zero-order chi connectivity index (χ0) is 15.7. The first-order chi connectivity index (χ1) is 9.79. The lowest BCUT2D eigenvalue weighted by atomic mass is 10.1. The molecule has 0 radical (unpaired) electrons. The maximum absolute atomic E-state index is 6.18.